The number of halogens is 1. The number of hydrogen-bond donors (Lipinski definition) is 1. The molecule has 1 aliphatic heterocycles. The number of likely N-dealkylation sites (tertiary alicyclic amines) is 1. The zero-order valence-electron chi connectivity index (χ0n) is 10.8. The molecular weight excluding hydrogens is 237 g/mol. The van der Waals surface area contributed by atoms with Crippen LogP contribution in [-0.4, -0.2) is 41.7 Å². The van der Waals surface area contributed by atoms with Gasteiger partial charge < -0.3 is 9.84 Å². The van der Waals surface area contributed by atoms with Crippen molar-refractivity contribution in [3.05, 3.63) is 0 Å². The Morgan fingerprint density at radius 2 is 2.06 bits per heavy atom. The number of alkyl halides is 1. The largest absolute Gasteiger partial charge is 0.481 e. The van der Waals surface area contributed by atoms with Gasteiger partial charge in [-0.3, -0.25) is 9.69 Å². The van der Waals surface area contributed by atoms with Gasteiger partial charge in [0.25, 0.3) is 6.48 Å². The van der Waals surface area contributed by atoms with Gasteiger partial charge in [0.05, 0.1) is 12.0 Å². The Balaban J connectivity index is 1.79. The van der Waals surface area contributed by atoms with Gasteiger partial charge in [0.1, 0.15) is 0 Å². The van der Waals surface area contributed by atoms with Gasteiger partial charge in [-0.2, -0.15) is 4.39 Å². The molecule has 0 amide bonds. The van der Waals surface area contributed by atoms with E-state index in [1.165, 1.54) is 0 Å². The van der Waals surface area contributed by atoms with Crippen molar-refractivity contribution in [1.82, 2.24) is 4.90 Å². The van der Waals surface area contributed by atoms with Crippen LogP contribution in [0, 0.1) is 11.8 Å². The first-order chi connectivity index (χ1) is 8.58. The van der Waals surface area contributed by atoms with Gasteiger partial charge in [-0.05, 0) is 38.0 Å². The third-order valence-corrected chi connectivity index (χ3v) is 4.17. The molecule has 1 saturated heterocycles. The van der Waals surface area contributed by atoms with E-state index in [2.05, 4.69) is 0 Å². The number of rotatable bonds is 4. The summed E-state index contributed by atoms with van der Waals surface area (Å²) in [6, 6.07) is 0. The van der Waals surface area contributed by atoms with Crippen molar-refractivity contribution in [1.29, 1.82) is 0 Å². The van der Waals surface area contributed by atoms with E-state index in [-0.39, 0.29) is 17.9 Å². The molecule has 5 heteroatoms. The first-order valence-electron chi connectivity index (χ1n) is 6.84. The zero-order valence-corrected chi connectivity index (χ0v) is 10.8. The average molecular weight is 259 g/mol. The number of hydrogen-bond acceptors (Lipinski definition) is 3. The molecule has 0 aromatic heterocycles. The molecule has 0 aromatic carbocycles. The maximum atomic E-state index is 13.9. The monoisotopic (exact) mass is 259 g/mol. The second kappa shape index (κ2) is 5.97. The van der Waals surface area contributed by atoms with Crippen molar-refractivity contribution in [3.8, 4) is 0 Å². The van der Waals surface area contributed by atoms with Gasteiger partial charge in [-0.25, -0.2) is 0 Å². The maximum absolute atomic E-state index is 13.9. The summed E-state index contributed by atoms with van der Waals surface area (Å²) in [7, 11) is 0. The molecule has 0 aromatic rings. The normalized spacial score (nSPS) is 35.6. The highest BCUT2D eigenvalue weighted by atomic mass is 19.1. The molecule has 18 heavy (non-hydrogen) atoms. The van der Waals surface area contributed by atoms with Crippen LogP contribution in [0.4, 0.5) is 4.39 Å². The molecule has 2 aliphatic rings. The van der Waals surface area contributed by atoms with Gasteiger partial charge in [-0.1, -0.05) is 6.92 Å². The molecular formula is C13H22FNO3. The van der Waals surface area contributed by atoms with Crippen LogP contribution in [0.25, 0.3) is 0 Å². The minimum Gasteiger partial charge on any atom is -0.481 e. The minimum absolute atomic E-state index is 0.0621. The Morgan fingerprint density at radius 3 is 2.61 bits per heavy atom. The molecule has 0 bridgehead atoms. The van der Waals surface area contributed by atoms with Crippen LogP contribution in [0.3, 0.4) is 0 Å². The van der Waals surface area contributed by atoms with Crippen LogP contribution in [0.15, 0.2) is 0 Å². The highest BCUT2D eigenvalue weighted by Gasteiger charge is 2.34. The summed E-state index contributed by atoms with van der Waals surface area (Å²) in [6.07, 6.45) is 3.82. The third kappa shape index (κ3) is 3.20. The second-order valence-electron chi connectivity index (χ2n) is 5.53. The van der Waals surface area contributed by atoms with E-state index in [1.807, 2.05) is 6.92 Å². The smallest absolute Gasteiger partial charge is 0.306 e. The van der Waals surface area contributed by atoms with E-state index >= 15 is 0 Å². The van der Waals surface area contributed by atoms with Crippen LogP contribution in [0.1, 0.15) is 39.0 Å². The number of nitrogens with zero attached hydrogens (tertiary/aromatic N) is 1. The first kappa shape index (κ1) is 13.7. The molecule has 2 unspecified atom stereocenters. The lowest BCUT2D eigenvalue weighted by Crippen LogP contribution is -2.38. The van der Waals surface area contributed by atoms with E-state index in [4.69, 9.17) is 9.84 Å². The summed E-state index contributed by atoms with van der Waals surface area (Å²) >= 11 is 0. The maximum Gasteiger partial charge on any atom is 0.306 e. The summed E-state index contributed by atoms with van der Waals surface area (Å²) < 4.78 is 19.3. The second-order valence-corrected chi connectivity index (χ2v) is 5.53. The molecule has 104 valence electrons. The van der Waals surface area contributed by atoms with Crippen LogP contribution in [0.5, 0.6) is 0 Å². The predicted octanol–water partition coefficient (Wildman–Crippen LogP) is 2.24. The molecule has 2 fully saturated rings. The zero-order chi connectivity index (χ0) is 13.1. The van der Waals surface area contributed by atoms with Crippen LogP contribution in [-0.2, 0) is 9.53 Å². The van der Waals surface area contributed by atoms with Crippen LogP contribution < -0.4 is 0 Å². The lowest BCUT2D eigenvalue weighted by molar-refractivity contribution is -0.180. The summed E-state index contributed by atoms with van der Waals surface area (Å²) in [5.41, 5.74) is 0. The number of carboxylic acid groups (broad SMARTS) is 1. The Bertz CT molecular complexity index is 294. The molecule has 2 rings (SSSR count). The third-order valence-electron chi connectivity index (χ3n) is 4.17. The topological polar surface area (TPSA) is 49.8 Å². The molecule has 1 saturated carbocycles. The van der Waals surface area contributed by atoms with Crippen LogP contribution >= 0.6 is 0 Å². The number of carboxylic acids is 1. The Kier molecular flexibility index (Phi) is 4.56. The molecule has 1 N–H and O–H groups in total. The van der Waals surface area contributed by atoms with Gasteiger partial charge in [0, 0.05) is 13.1 Å². The van der Waals surface area contributed by atoms with E-state index in [0.29, 0.717) is 19.3 Å². The standard InChI is InChI=1S/C13H22FNO3/c1-9-8-10(4-5-11(9)12(16)17)18-13(14)15-6-2-3-7-15/h9-11,13H,2-8H2,1H3,(H,16,17)/t9-,10-,11?,13?/m0/s1. The van der Waals surface area contributed by atoms with Crippen molar-refractivity contribution in [3.63, 3.8) is 0 Å². The number of carbonyl (C=O) groups is 1. The molecule has 4 atom stereocenters. The molecule has 4 nitrogen and oxygen atoms in total. The lowest BCUT2D eigenvalue weighted by atomic mass is 9.79. The Labute approximate surface area is 107 Å². The van der Waals surface area contributed by atoms with Gasteiger partial charge in [0.15, 0.2) is 0 Å². The predicted molar refractivity (Wildman–Crippen MR) is 64.7 cm³/mol. The highest BCUT2D eigenvalue weighted by Crippen LogP contribution is 2.32. The SMILES string of the molecule is C[C@H]1C[C@@H](OC(F)N2CCCC2)CCC1C(=O)O. The van der Waals surface area contributed by atoms with Crippen molar-refractivity contribution in [2.24, 2.45) is 11.8 Å². The number of aliphatic carboxylic acids is 1. The fourth-order valence-corrected chi connectivity index (χ4v) is 3.03. The first-order valence-corrected chi connectivity index (χ1v) is 6.84. The van der Waals surface area contributed by atoms with Crippen molar-refractivity contribution >= 4 is 5.97 Å². The average Bonchev–Trinajstić information content (AvgIpc) is 2.81. The summed E-state index contributed by atoms with van der Waals surface area (Å²) in [4.78, 5) is 12.7. The van der Waals surface area contributed by atoms with Crippen molar-refractivity contribution in [2.75, 3.05) is 13.1 Å². The Morgan fingerprint density at radius 1 is 1.39 bits per heavy atom. The van der Waals surface area contributed by atoms with E-state index in [9.17, 15) is 9.18 Å². The van der Waals surface area contributed by atoms with Crippen LogP contribution in [0.2, 0.25) is 0 Å². The fraction of sp³-hybridized carbons (Fsp3) is 0.923. The quantitative estimate of drug-likeness (QED) is 0.787. The van der Waals surface area contributed by atoms with Crippen molar-refractivity contribution in [2.45, 2.75) is 51.6 Å². The van der Waals surface area contributed by atoms with Crippen molar-refractivity contribution < 1.29 is 19.0 Å². The molecule has 0 radical (unpaired) electrons. The summed E-state index contributed by atoms with van der Waals surface area (Å²) in [5, 5.41) is 9.03. The van der Waals surface area contributed by atoms with Gasteiger partial charge in [0.2, 0.25) is 0 Å². The molecule has 1 aliphatic carbocycles. The minimum atomic E-state index is -1.31. The Hall–Kier alpha value is -0.680. The van der Waals surface area contributed by atoms with E-state index in [0.717, 1.165) is 25.9 Å². The van der Waals surface area contributed by atoms with Gasteiger partial charge in [-0.15, -0.1) is 0 Å². The highest BCUT2D eigenvalue weighted by molar-refractivity contribution is 5.70. The lowest BCUT2D eigenvalue weighted by Gasteiger charge is -2.33. The molecule has 1 heterocycles. The van der Waals surface area contributed by atoms with Gasteiger partial charge >= 0.3 is 5.97 Å². The van der Waals surface area contributed by atoms with E-state index < -0.39 is 12.5 Å². The molecule has 0 spiro atoms. The number of ether oxygens (including phenoxy) is 1. The summed E-state index contributed by atoms with van der Waals surface area (Å²) in [6.45, 7) is 2.13. The summed E-state index contributed by atoms with van der Waals surface area (Å²) in [5.74, 6) is -0.973. The van der Waals surface area contributed by atoms with E-state index in [1.54, 1.807) is 4.90 Å². The fourth-order valence-electron chi connectivity index (χ4n) is 3.03.